The van der Waals surface area contributed by atoms with Crippen molar-refractivity contribution in [1.29, 1.82) is 0 Å². The highest BCUT2D eigenvalue weighted by Crippen LogP contribution is 2.22. The molecule has 0 spiro atoms. The molecule has 1 rings (SSSR count). The van der Waals surface area contributed by atoms with Crippen LogP contribution >= 0.6 is 0 Å². The van der Waals surface area contributed by atoms with E-state index < -0.39 is 10.0 Å². The summed E-state index contributed by atoms with van der Waals surface area (Å²) in [6.07, 6.45) is 0. The molecule has 2 N–H and O–H groups in total. The Morgan fingerprint density at radius 3 is 2.35 bits per heavy atom. The van der Waals surface area contributed by atoms with Crippen molar-refractivity contribution in [2.24, 2.45) is 5.41 Å². The molecule has 5 heteroatoms. The Labute approximate surface area is 123 Å². The van der Waals surface area contributed by atoms with Crippen LogP contribution in [0.2, 0.25) is 0 Å². The third-order valence-corrected chi connectivity index (χ3v) is 5.10. The number of hydrogen-bond acceptors (Lipinski definition) is 3. The summed E-state index contributed by atoms with van der Waals surface area (Å²) in [5.41, 5.74) is 0.673. The van der Waals surface area contributed by atoms with Gasteiger partial charge in [-0.2, -0.15) is 0 Å². The molecule has 20 heavy (non-hydrogen) atoms. The van der Waals surface area contributed by atoms with E-state index in [0.29, 0.717) is 11.4 Å². The fourth-order valence-electron chi connectivity index (χ4n) is 1.64. The fraction of sp³-hybridized carbons (Fsp3) is 0.600. The maximum atomic E-state index is 12.5. The highest BCUT2D eigenvalue weighted by Gasteiger charge is 2.27. The minimum absolute atomic E-state index is 0.121. The van der Waals surface area contributed by atoms with Crippen molar-refractivity contribution in [1.82, 2.24) is 10.0 Å². The van der Waals surface area contributed by atoms with E-state index in [1.807, 2.05) is 46.8 Å². The SMILES string of the molecule is CCNCc1ccccc1S(=O)(=O)NC(C)C(C)(C)C. The highest BCUT2D eigenvalue weighted by atomic mass is 32.2. The first-order valence-electron chi connectivity index (χ1n) is 6.99. The van der Waals surface area contributed by atoms with Crippen LogP contribution in [0.15, 0.2) is 29.2 Å². The first-order chi connectivity index (χ1) is 9.18. The summed E-state index contributed by atoms with van der Waals surface area (Å²) in [6, 6.07) is 6.98. The molecule has 0 aliphatic rings. The Morgan fingerprint density at radius 1 is 1.20 bits per heavy atom. The number of hydrogen-bond donors (Lipinski definition) is 2. The molecule has 114 valence electrons. The minimum atomic E-state index is -3.49. The van der Waals surface area contributed by atoms with Gasteiger partial charge in [0.15, 0.2) is 0 Å². The molecule has 1 unspecified atom stereocenters. The van der Waals surface area contributed by atoms with Crippen LogP contribution in [0.4, 0.5) is 0 Å². The molecule has 0 bridgehead atoms. The van der Waals surface area contributed by atoms with Gasteiger partial charge in [0.1, 0.15) is 0 Å². The lowest BCUT2D eigenvalue weighted by Crippen LogP contribution is -2.41. The average Bonchev–Trinajstić information content (AvgIpc) is 2.35. The van der Waals surface area contributed by atoms with Crippen molar-refractivity contribution < 1.29 is 8.42 Å². The van der Waals surface area contributed by atoms with Crippen LogP contribution in [0.5, 0.6) is 0 Å². The van der Waals surface area contributed by atoms with Crippen LogP contribution in [0.1, 0.15) is 40.2 Å². The number of sulfonamides is 1. The largest absolute Gasteiger partial charge is 0.313 e. The molecule has 0 amide bonds. The molecular weight excluding hydrogens is 272 g/mol. The van der Waals surface area contributed by atoms with Crippen molar-refractivity contribution in [3.8, 4) is 0 Å². The molecule has 0 saturated carbocycles. The standard InChI is InChI=1S/C15H26N2O2S/c1-6-16-11-13-9-7-8-10-14(13)20(18,19)17-12(2)15(3,4)5/h7-10,12,16-17H,6,11H2,1-5H3. The molecule has 1 aromatic carbocycles. The van der Waals surface area contributed by atoms with Crippen LogP contribution in [-0.2, 0) is 16.6 Å². The average molecular weight is 298 g/mol. The van der Waals surface area contributed by atoms with Gasteiger partial charge >= 0.3 is 0 Å². The van der Waals surface area contributed by atoms with Crippen molar-refractivity contribution in [2.75, 3.05) is 6.54 Å². The second-order valence-electron chi connectivity index (χ2n) is 6.10. The van der Waals surface area contributed by atoms with E-state index >= 15 is 0 Å². The molecule has 0 aliphatic heterocycles. The van der Waals surface area contributed by atoms with E-state index in [-0.39, 0.29) is 11.5 Å². The Balaban J connectivity index is 3.04. The molecule has 1 atom stereocenters. The molecule has 0 aliphatic carbocycles. The van der Waals surface area contributed by atoms with Gasteiger partial charge in [0.2, 0.25) is 10.0 Å². The Bertz CT molecular complexity index is 533. The lowest BCUT2D eigenvalue weighted by Gasteiger charge is -2.28. The zero-order valence-corrected chi connectivity index (χ0v) is 13.8. The third kappa shape index (κ3) is 4.58. The summed E-state index contributed by atoms with van der Waals surface area (Å²) in [4.78, 5) is 0.358. The van der Waals surface area contributed by atoms with Crippen LogP contribution in [0, 0.1) is 5.41 Å². The van der Waals surface area contributed by atoms with Gasteiger partial charge in [0, 0.05) is 12.6 Å². The van der Waals surface area contributed by atoms with Gasteiger partial charge in [-0.1, -0.05) is 45.9 Å². The van der Waals surface area contributed by atoms with Crippen LogP contribution < -0.4 is 10.0 Å². The van der Waals surface area contributed by atoms with E-state index in [9.17, 15) is 8.42 Å². The summed E-state index contributed by atoms with van der Waals surface area (Å²) in [5.74, 6) is 0. The summed E-state index contributed by atoms with van der Waals surface area (Å²) < 4.78 is 27.8. The van der Waals surface area contributed by atoms with Gasteiger partial charge in [-0.3, -0.25) is 0 Å². The summed E-state index contributed by atoms with van der Waals surface area (Å²) in [5, 5.41) is 3.17. The third-order valence-electron chi connectivity index (χ3n) is 3.46. The predicted molar refractivity (Wildman–Crippen MR) is 83.1 cm³/mol. The number of nitrogens with one attached hydrogen (secondary N) is 2. The summed E-state index contributed by atoms with van der Waals surface area (Å²) in [7, 11) is -3.49. The maximum Gasteiger partial charge on any atom is 0.241 e. The van der Waals surface area contributed by atoms with E-state index in [0.717, 1.165) is 12.1 Å². The minimum Gasteiger partial charge on any atom is -0.313 e. The van der Waals surface area contributed by atoms with Crippen molar-refractivity contribution >= 4 is 10.0 Å². The van der Waals surface area contributed by atoms with Gasteiger partial charge in [-0.05, 0) is 30.5 Å². The summed E-state index contributed by atoms with van der Waals surface area (Å²) in [6.45, 7) is 11.3. The molecule has 4 nitrogen and oxygen atoms in total. The van der Waals surface area contributed by atoms with Gasteiger partial charge in [0.25, 0.3) is 0 Å². The molecule has 0 saturated heterocycles. The van der Waals surface area contributed by atoms with Crippen molar-refractivity contribution in [2.45, 2.75) is 52.1 Å². The zero-order valence-electron chi connectivity index (χ0n) is 13.0. The summed E-state index contributed by atoms with van der Waals surface area (Å²) >= 11 is 0. The molecule has 0 heterocycles. The van der Waals surface area contributed by atoms with E-state index in [1.54, 1.807) is 12.1 Å². The van der Waals surface area contributed by atoms with Gasteiger partial charge in [0.05, 0.1) is 4.90 Å². The topological polar surface area (TPSA) is 58.2 Å². The highest BCUT2D eigenvalue weighted by molar-refractivity contribution is 7.89. The van der Waals surface area contributed by atoms with Crippen molar-refractivity contribution in [3.05, 3.63) is 29.8 Å². The second-order valence-corrected chi connectivity index (χ2v) is 7.78. The normalized spacial score (nSPS) is 14.2. The first kappa shape index (κ1) is 17.1. The maximum absolute atomic E-state index is 12.5. The van der Waals surface area contributed by atoms with Crippen LogP contribution in [0.3, 0.4) is 0 Å². The lowest BCUT2D eigenvalue weighted by atomic mass is 9.89. The predicted octanol–water partition coefficient (Wildman–Crippen LogP) is 2.51. The fourth-order valence-corrected chi connectivity index (χ4v) is 3.33. The van der Waals surface area contributed by atoms with Gasteiger partial charge in [-0.15, -0.1) is 0 Å². The van der Waals surface area contributed by atoms with Gasteiger partial charge in [-0.25, -0.2) is 13.1 Å². The number of rotatable bonds is 6. The van der Waals surface area contributed by atoms with E-state index in [2.05, 4.69) is 10.0 Å². The Kier molecular flexibility index (Phi) is 5.74. The zero-order chi connectivity index (χ0) is 15.4. The van der Waals surface area contributed by atoms with Crippen LogP contribution in [0.25, 0.3) is 0 Å². The van der Waals surface area contributed by atoms with Crippen molar-refractivity contribution in [3.63, 3.8) is 0 Å². The second kappa shape index (κ2) is 6.70. The van der Waals surface area contributed by atoms with E-state index in [1.165, 1.54) is 0 Å². The Hall–Kier alpha value is -0.910. The lowest BCUT2D eigenvalue weighted by molar-refractivity contribution is 0.317. The van der Waals surface area contributed by atoms with E-state index in [4.69, 9.17) is 0 Å². The quantitative estimate of drug-likeness (QED) is 0.848. The molecule has 0 radical (unpaired) electrons. The monoisotopic (exact) mass is 298 g/mol. The Morgan fingerprint density at radius 2 is 1.80 bits per heavy atom. The molecular formula is C15H26N2O2S. The van der Waals surface area contributed by atoms with Crippen LogP contribution in [-0.4, -0.2) is 21.0 Å². The number of benzene rings is 1. The smallest absolute Gasteiger partial charge is 0.241 e. The molecule has 0 aromatic heterocycles. The van der Waals surface area contributed by atoms with Gasteiger partial charge < -0.3 is 5.32 Å². The molecule has 1 aromatic rings. The first-order valence-corrected chi connectivity index (χ1v) is 8.47. The molecule has 0 fully saturated rings.